The maximum atomic E-state index is 12.3. The molecule has 6 heteroatoms. The zero-order chi connectivity index (χ0) is 16.8. The van der Waals surface area contributed by atoms with E-state index in [-0.39, 0.29) is 12.5 Å². The summed E-state index contributed by atoms with van der Waals surface area (Å²) in [6, 6.07) is 9.71. The molecule has 0 unspecified atom stereocenters. The normalized spacial score (nSPS) is 15.5. The van der Waals surface area contributed by atoms with Crippen molar-refractivity contribution in [3.8, 4) is 5.75 Å². The van der Waals surface area contributed by atoms with E-state index in [9.17, 15) is 4.79 Å². The van der Waals surface area contributed by atoms with Crippen molar-refractivity contribution in [3.63, 3.8) is 0 Å². The molecule has 0 spiro atoms. The van der Waals surface area contributed by atoms with Crippen molar-refractivity contribution >= 4 is 5.91 Å². The quantitative estimate of drug-likeness (QED) is 0.805. The number of rotatable bonds is 6. The van der Waals surface area contributed by atoms with Crippen molar-refractivity contribution in [2.75, 3.05) is 39.3 Å². The molecule has 0 radical (unpaired) electrons. The molecule has 2 aromatic rings. The second-order valence-corrected chi connectivity index (χ2v) is 6.10. The minimum atomic E-state index is 0.0585. The summed E-state index contributed by atoms with van der Waals surface area (Å²) in [7, 11) is 0. The van der Waals surface area contributed by atoms with Crippen LogP contribution in [0.25, 0.3) is 0 Å². The maximum absolute atomic E-state index is 12.3. The zero-order valence-electron chi connectivity index (χ0n) is 14.1. The molecular weight excluding hydrogens is 304 g/mol. The van der Waals surface area contributed by atoms with Crippen molar-refractivity contribution in [1.29, 1.82) is 0 Å². The lowest BCUT2D eigenvalue weighted by atomic mass is 10.2. The van der Waals surface area contributed by atoms with Crippen LogP contribution in [0.1, 0.15) is 5.56 Å². The van der Waals surface area contributed by atoms with Crippen LogP contribution in [0.15, 0.2) is 42.7 Å². The highest BCUT2D eigenvalue weighted by Gasteiger charge is 2.21. The molecule has 1 amide bonds. The van der Waals surface area contributed by atoms with Crippen molar-refractivity contribution in [1.82, 2.24) is 19.6 Å². The van der Waals surface area contributed by atoms with Gasteiger partial charge in [-0.2, -0.15) is 5.10 Å². The Hall–Kier alpha value is -2.34. The van der Waals surface area contributed by atoms with Crippen LogP contribution in [-0.4, -0.2) is 64.8 Å². The molecule has 128 valence electrons. The Morgan fingerprint density at radius 2 is 2.00 bits per heavy atom. The van der Waals surface area contributed by atoms with Crippen molar-refractivity contribution < 1.29 is 9.53 Å². The standard InChI is InChI=1S/C18H24N4O2/c1-16-4-2-5-17(14-16)24-15-18(23)21-11-8-20(9-12-21)10-13-22-7-3-6-19-22/h2-7,14H,8-13,15H2,1H3. The number of carbonyl (C=O) groups excluding carboxylic acids is 1. The van der Waals surface area contributed by atoms with E-state index in [1.807, 2.05) is 53.0 Å². The van der Waals surface area contributed by atoms with Crippen molar-refractivity contribution in [2.45, 2.75) is 13.5 Å². The van der Waals surface area contributed by atoms with Crippen LogP contribution in [0.3, 0.4) is 0 Å². The predicted molar refractivity (Wildman–Crippen MR) is 91.9 cm³/mol. The van der Waals surface area contributed by atoms with E-state index in [1.165, 1.54) is 0 Å². The summed E-state index contributed by atoms with van der Waals surface area (Å²) in [5, 5.41) is 4.21. The van der Waals surface area contributed by atoms with Gasteiger partial charge in [0.25, 0.3) is 5.91 Å². The van der Waals surface area contributed by atoms with Gasteiger partial charge in [0.15, 0.2) is 6.61 Å². The first-order chi connectivity index (χ1) is 11.7. The summed E-state index contributed by atoms with van der Waals surface area (Å²) in [4.78, 5) is 16.5. The summed E-state index contributed by atoms with van der Waals surface area (Å²) in [6.45, 7) is 7.29. The third-order valence-electron chi connectivity index (χ3n) is 4.28. The van der Waals surface area contributed by atoms with E-state index in [2.05, 4.69) is 10.00 Å². The van der Waals surface area contributed by atoms with E-state index >= 15 is 0 Å². The number of nitrogens with zero attached hydrogens (tertiary/aromatic N) is 4. The molecule has 0 atom stereocenters. The smallest absolute Gasteiger partial charge is 0.260 e. The van der Waals surface area contributed by atoms with Crippen LogP contribution in [0.4, 0.5) is 0 Å². The lowest BCUT2D eigenvalue weighted by molar-refractivity contribution is -0.135. The first-order valence-electron chi connectivity index (χ1n) is 8.38. The van der Waals surface area contributed by atoms with E-state index in [0.29, 0.717) is 0 Å². The van der Waals surface area contributed by atoms with Gasteiger partial charge in [0.05, 0.1) is 6.54 Å². The Morgan fingerprint density at radius 3 is 2.71 bits per heavy atom. The van der Waals surface area contributed by atoms with Crippen LogP contribution >= 0.6 is 0 Å². The summed E-state index contributed by atoms with van der Waals surface area (Å²) < 4.78 is 7.55. The molecule has 1 aliphatic heterocycles. The fraction of sp³-hybridized carbons (Fsp3) is 0.444. The number of aromatic nitrogens is 2. The molecule has 0 bridgehead atoms. The molecule has 24 heavy (non-hydrogen) atoms. The summed E-state index contributed by atoms with van der Waals surface area (Å²) in [5.41, 5.74) is 1.13. The minimum absolute atomic E-state index is 0.0585. The number of amides is 1. The second-order valence-electron chi connectivity index (χ2n) is 6.10. The first-order valence-corrected chi connectivity index (χ1v) is 8.38. The average Bonchev–Trinajstić information content (AvgIpc) is 3.12. The Balaban J connectivity index is 1.38. The van der Waals surface area contributed by atoms with E-state index < -0.39 is 0 Å². The largest absolute Gasteiger partial charge is 0.484 e. The van der Waals surface area contributed by atoms with Crippen LogP contribution in [-0.2, 0) is 11.3 Å². The molecule has 3 rings (SSSR count). The fourth-order valence-corrected chi connectivity index (χ4v) is 2.84. The first kappa shape index (κ1) is 16.5. The molecule has 0 saturated carbocycles. The zero-order valence-corrected chi connectivity index (χ0v) is 14.1. The van der Waals surface area contributed by atoms with Crippen LogP contribution in [0.2, 0.25) is 0 Å². The van der Waals surface area contributed by atoms with Gasteiger partial charge in [0, 0.05) is 45.1 Å². The fourth-order valence-electron chi connectivity index (χ4n) is 2.84. The third kappa shape index (κ3) is 4.58. The SMILES string of the molecule is Cc1cccc(OCC(=O)N2CCN(CCn3cccn3)CC2)c1. The number of piperazine rings is 1. The topological polar surface area (TPSA) is 50.6 Å². The van der Waals surface area contributed by atoms with Crippen LogP contribution in [0, 0.1) is 6.92 Å². The highest BCUT2D eigenvalue weighted by Crippen LogP contribution is 2.12. The van der Waals surface area contributed by atoms with Crippen LogP contribution in [0.5, 0.6) is 5.75 Å². The van der Waals surface area contributed by atoms with Crippen molar-refractivity contribution in [2.24, 2.45) is 0 Å². The Morgan fingerprint density at radius 1 is 1.17 bits per heavy atom. The van der Waals surface area contributed by atoms with Crippen LogP contribution < -0.4 is 4.74 Å². The van der Waals surface area contributed by atoms with Gasteiger partial charge >= 0.3 is 0 Å². The van der Waals surface area contributed by atoms with Gasteiger partial charge in [0.2, 0.25) is 0 Å². The Labute approximate surface area is 142 Å². The molecular formula is C18H24N4O2. The minimum Gasteiger partial charge on any atom is -0.484 e. The predicted octanol–water partition coefficient (Wildman–Crippen LogP) is 1.41. The number of ether oxygens (including phenoxy) is 1. The monoisotopic (exact) mass is 328 g/mol. The number of aryl methyl sites for hydroxylation is 1. The Kier molecular flexibility index (Phi) is 5.48. The molecule has 1 fully saturated rings. The van der Waals surface area contributed by atoms with E-state index in [0.717, 1.165) is 50.6 Å². The van der Waals surface area contributed by atoms with Gasteiger partial charge in [-0.3, -0.25) is 14.4 Å². The van der Waals surface area contributed by atoms with E-state index in [1.54, 1.807) is 6.20 Å². The van der Waals surface area contributed by atoms with Gasteiger partial charge < -0.3 is 9.64 Å². The highest BCUT2D eigenvalue weighted by atomic mass is 16.5. The third-order valence-corrected chi connectivity index (χ3v) is 4.28. The molecule has 1 saturated heterocycles. The number of hydrogen-bond acceptors (Lipinski definition) is 4. The molecule has 1 aromatic heterocycles. The lowest BCUT2D eigenvalue weighted by Gasteiger charge is -2.34. The van der Waals surface area contributed by atoms with Gasteiger partial charge in [-0.15, -0.1) is 0 Å². The van der Waals surface area contributed by atoms with Gasteiger partial charge in [-0.25, -0.2) is 0 Å². The molecule has 1 aromatic carbocycles. The number of carbonyl (C=O) groups is 1. The van der Waals surface area contributed by atoms with Crippen molar-refractivity contribution in [3.05, 3.63) is 48.3 Å². The van der Waals surface area contributed by atoms with Gasteiger partial charge in [-0.05, 0) is 30.7 Å². The lowest BCUT2D eigenvalue weighted by Crippen LogP contribution is -2.50. The van der Waals surface area contributed by atoms with Gasteiger partial charge in [0.1, 0.15) is 5.75 Å². The number of hydrogen-bond donors (Lipinski definition) is 0. The maximum Gasteiger partial charge on any atom is 0.260 e. The summed E-state index contributed by atoms with van der Waals surface area (Å²) >= 11 is 0. The number of benzene rings is 1. The molecule has 0 N–H and O–H groups in total. The molecule has 0 aliphatic carbocycles. The second kappa shape index (κ2) is 7.97. The molecule has 1 aliphatic rings. The molecule has 2 heterocycles. The molecule has 6 nitrogen and oxygen atoms in total. The summed E-state index contributed by atoms with van der Waals surface area (Å²) in [5.74, 6) is 0.810. The summed E-state index contributed by atoms with van der Waals surface area (Å²) in [6.07, 6.45) is 3.77. The average molecular weight is 328 g/mol. The van der Waals surface area contributed by atoms with Gasteiger partial charge in [-0.1, -0.05) is 12.1 Å². The Bertz CT molecular complexity index is 649. The highest BCUT2D eigenvalue weighted by molar-refractivity contribution is 5.77. The van der Waals surface area contributed by atoms with E-state index in [4.69, 9.17) is 4.74 Å².